The van der Waals surface area contributed by atoms with Gasteiger partial charge in [-0.25, -0.2) is 0 Å². The van der Waals surface area contributed by atoms with Crippen LogP contribution in [0.3, 0.4) is 0 Å². The van der Waals surface area contributed by atoms with Crippen molar-refractivity contribution in [3.05, 3.63) is 70.7 Å². The maximum absolute atomic E-state index is 6.86. The second-order valence-corrected chi connectivity index (χ2v) is 9.29. The number of likely N-dealkylation sites (N-methyl/N-ethyl adjacent to an activating group) is 1. The van der Waals surface area contributed by atoms with Crippen LogP contribution in [0, 0.1) is 0 Å². The number of fused-ring (bicyclic) bond motifs is 1. The molecule has 1 aromatic heterocycles. The van der Waals surface area contributed by atoms with E-state index in [4.69, 9.17) is 38.0 Å². The summed E-state index contributed by atoms with van der Waals surface area (Å²) in [6.45, 7) is 5.46. The molecule has 0 radical (unpaired) electrons. The Hall–Kier alpha value is -3.27. The highest BCUT2D eigenvalue weighted by Gasteiger charge is 2.33. The summed E-state index contributed by atoms with van der Waals surface area (Å²) in [5.74, 6) is 1.37. The van der Waals surface area contributed by atoms with Gasteiger partial charge in [-0.05, 0) is 44.3 Å². The molecule has 3 aliphatic rings. The summed E-state index contributed by atoms with van der Waals surface area (Å²) in [4.78, 5) is 23.3. The number of dihydropyridines is 1. The fraction of sp³-hybridized carbons (Fsp3) is 0.333. The van der Waals surface area contributed by atoms with Crippen LogP contribution in [0.4, 0.5) is 17.6 Å². The Morgan fingerprint density at radius 3 is 2.65 bits per heavy atom. The third-order valence-electron chi connectivity index (χ3n) is 6.17. The average Bonchev–Trinajstić information content (AvgIpc) is 2.81. The van der Waals surface area contributed by atoms with Gasteiger partial charge < -0.3 is 26.6 Å². The number of rotatable bonds is 4. The Balaban J connectivity index is 1.57. The van der Waals surface area contributed by atoms with E-state index in [1.807, 2.05) is 55.5 Å². The lowest BCUT2D eigenvalue weighted by atomic mass is 9.86. The largest absolute Gasteiger partial charge is 0.398 e. The van der Waals surface area contributed by atoms with E-state index in [2.05, 4.69) is 27.2 Å². The van der Waals surface area contributed by atoms with Gasteiger partial charge in [0, 0.05) is 37.4 Å². The molecule has 0 amide bonds. The van der Waals surface area contributed by atoms with E-state index in [0.717, 1.165) is 37.5 Å². The smallest absolute Gasteiger partial charge is 0.232 e. The van der Waals surface area contributed by atoms with Gasteiger partial charge in [0.2, 0.25) is 11.9 Å². The summed E-state index contributed by atoms with van der Waals surface area (Å²) in [7, 11) is 2.11. The topological polar surface area (TPSA) is 122 Å². The first-order valence-corrected chi connectivity index (χ1v) is 11.7. The fourth-order valence-corrected chi connectivity index (χ4v) is 4.38. The van der Waals surface area contributed by atoms with E-state index < -0.39 is 5.54 Å². The molecular weight excluding hydrogens is 450 g/mol. The highest BCUT2D eigenvalue weighted by Crippen LogP contribution is 2.31. The number of nitrogens with one attached hydrogen (secondary N) is 1. The van der Waals surface area contributed by atoms with Gasteiger partial charge >= 0.3 is 0 Å². The lowest BCUT2D eigenvalue weighted by molar-refractivity contribution is 0.311. The van der Waals surface area contributed by atoms with Crippen molar-refractivity contribution in [2.24, 2.45) is 16.5 Å². The maximum atomic E-state index is 6.86. The van der Waals surface area contributed by atoms with Crippen molar-refractivity contribution in [1.82, 2.24) is 19.9 Å². The lowest BCUT2D eigenvalue weighted by Gasteiger charge is -2.33. The van der Waals surface area contributed by atoms with Crippen molar-refractivity contribution in [3.63, 3.8) is 0 Å². The zero-order valence-electron chi connectivity index (χ0n) is 19.2. The van der Waals surface area contributed by atoms with Crippen LogP contribution >= 0.6 is 11.6 Å². The van der Waals surface area contributed by atoms with E-state index in [-0.39, 0.29) is 6.04 Å². The number of aromatic nitrogens is 3. The van der Waals surface area contributed by atoms with E-state index in [0.29, 0.717) is 34.1 Å². The normalized spacial score (nSPS) is 24.8. The molecule has 2 aliphatic heterocycles. The molecule has 1 fully saturated rings. The first-order valence-electron chi connectivity index (χ1n) is 11.3. The Kier molecular flexibility index (Phi) is 5.85. The predicted molar refractivity (Wildman–Crippen MR) is 137 cm³/mol. The number of aliphatic imine (C=N–C) groups is 1. The quantitative estimate of drug-likeness (QED) is 0.613. The number of halogens is 1. The van der Waals surface area contributed by atoms with Crippen molar-refractivity contribution < 1.29 is 0 Å². The number of anilines is 3. The minimum Gasteiger partial charge on any atom is -0.398 e. The molecule has 5 rings (SSSR count). The molecule has 5 N–H and O–H groups in total. The lowest BCUT2D eigenvalue weighted by Crippen LogP contribution is -2.46. The summed E-state index contributed by atoms with van der Waals surface area (Å²) in [5.41, 5.74) is 15.1. The minimum atomic E-state index is -1.07. The second kappa shape index (κ2) is 8.83. The van der Waals surface area contributed by atoms with Crippen LogP contribution in [0.15, 0.2) is 64.8 Å². The number of piperazine rings is 1. The Morgan fingerprint density at radius 2 is 1.88 bits per heavy atom. The second-order valence-electron chi connectivity index (χ2n) is 8.88. The molecule has 0 bridgehead atoms. The molecular formula is C24H28ClN9. The highest BCUT2D eigenvalue weighted by molar-refractivity contribution is 6.33. The minimum absolute atomic E-state index is 0.0227. The predicted octanol–water partition coefficient (Wildman–Crippen LogP) is 2.36. The summed E-state index contributed by atoms with van der Waals surface area (Å²) >= 11 is 6.37. The molecule has 1 saturated heterocycles. The number of nitrogens with zero attached hydrogens (tertiary/aromatic N) is 6. The maximum Gasteiger partial charge on any atom is 0.232 e. The third-order valence-corrected chi connectivity index (χ3v) is 6.50. The van der Waals surface area contributed by atoms with E-state index in [9.17, 15) is 0 Å². The molecule has 0 saturated carbocycles. The molecule has 2 atom stereocenters. The van der Waals surface area contributed by atoms with Crippen LogP contribution < -0.4 is 21.7 Å². The van der Waals surface area contributed by atoms with Crippen LogP contribution in [-0.2, 0) is 5.54 Å². The van der Waals surface area contributed by atoms with Gasteiger partial charge in [-0.2, -0.15) is 15.0 Å². The number of para-hydroxylation sites is 1. The Bertz CT molecular complexity index is 1230. The third kappa shape index (κ3) is 4.42. The van der Waals surface area contributed by atoms with Crippen LogP contribution in [0.1, 0.15) is 12.7 Å². The van der Waals surface area contributed by atoms with Crippen LogP contribution in [0.5, 0.6) is 0 Å². The average molecular weight is 478 g/mol. The highest BCUT2D eigenvalue weighted by atomic mass is 35.5. The SMILES string of the molecule is CC1C=C(N)C2=CC(N)(c3nc(Nc4ccccc4Cl)nc(N4CCN(C)CC4)n3)C=CC2=N1. The van der Waals surface area contributed by atoms with Gasteiger partial charge in [-0.15, -0.1) is 0 Å². The van der Waals surface area contributed by atoms with Gasteiger partial charge in [0.1, 0.15) is 5.54 Å². The number of allylic oxidation sites excluding steroid dienone is 2. The molecule has 2 unspecified atom stereocenters. The van der Waals surface area contributed by atoms with E-state index in [1.165, 1.54) is 0 Å². The first kappa shape index (κ1) is 22.5. The molecule has 34 heavy (non-hydrogen) atoms. The molecule has 10 heteroatoms. The monoisotopic (exact) mass is 477 g/mol. The van der Waals surface area contributed by atoms with Crippen molar-refractivity contribution in [2.45, 2.75) is 18.5 Å². The van der Waals surface area contributed by atoms with Crippen LogP contribution in [0.25, 0.3) is 0 Å². The van der Waals surface area contributed by atoms with Gasteiger partial charge in [0.05, 0.1) is 22.5 Å². The summed E-state index contributed by atoms with van der Waals surface area (Å²) in [6, 6.07) is 7.48. The number of nitrogens with two attached hydrogens (primary N) is 2. The molecule has 0 spiro atoms. The zero-order valence-corrected chi connectivity index (χ0v) is 20.0. The molecule has 176 valence electrons. The van der Waals surface area contributed by atoms with Gasteiger partial charge in [-0.3, -0.25) is 4.99 Å². The molecule has 2 aromatic rings. The van der Waals surface area contributed by atoms with Crippen molar-refractivity contribution in [2.75, 3.05) is 43.4 Å². The Labute approximate surface area is 203 Å². The standard InChI is InChI=1S/C24H28ClN9/c1-15-13-18(26)16-14-24(27,8-7-19(16)28-15)21-30-22(29-20-6-4-3-5-17(20)25)32-23(31-21)34-11-9-33(2)10-12-34/h3-8,13-15H,9-12,26-27H2,1-2H3,(H,29,30,31,32). The van der Waals surface area contributed by atoms with Gasteiger partial charge in [0.25, 0.3) is 0 Å². The van der Waals surface area contributed by atoms with Crippen molar-refractivity contribution >= 4 is 34.9 Å². The Morgan fingerprint density at radius 1 is 1.12 bits per heavy atom. The van der Waals surface area contributed by atoms with Crippen molar-refractivity contribution in [1.29, 1.82) is 0 Å². The van der Waals surface area contributed by atoms with Gasteiger partial charge in [-0.1, -0.05) is 29.8 Å². The van der Waals surface area contributed by atoms with Crippen LogP contribution in [0.2, 0.25) is 5.02 Å². The number of hydrogen-bond donors (Lipinski definition) is 3. The van der Waals surface area contributed by atoms with Gasteiger partial charge in [0.15, 0.2) is 5.82 Å². The van der Waals surface area contributed by atoms with E-state index >= 15 is 0 Å². The summed E-state index contributed by atoms with van der Waals surface area (Å²) in [6.07, 6.45) is 7.56. The van der Waals surface area contributed by atoms with Crippen molar-refractivity contribution in [3.8, 4) is 0 Å². The van der Waals surface area contributed by atoms with Crippen LogP contribution in [-0.4, -0.2) is 64.8 Å². The zero-order chi connectivity index (χ0) is 23.9. The first-order chi connectivity index (χ1) is 16.3. The summed E-state index contributed by atoms with van der Waals surface area (Å²) < 4.78 is 0. The van der Waals surface area contributed by atoms with E-state index in [1.54, 1.807) is 0 Å². The molecule has 3 heterocycles. The molecule has 9 nitrogen and oxygen atoms in total. The summed E-state index contributed by atoms with van der Waals surface area (Å²) in [5, 5.41) is 3.81. The fourth-order valence-electron chi connectivity index (χ4n) is 4.20. The number of benzene rings is 1. The molecule has 1 aliphatic carbocycles. The number of hydrogen-bond acceptors (Lipinski definition) is 9. The molecule has 1 aromatic carbocycles.